The van der Waals surface area contributed by atoms with Gasteiger partial charge in [0.2, 0.25) is 5.91 Å². The van der Waals surface area contributed by atoms with Crippen LogP contribution in [0, 0.1) is 0 Å². The predicted molar refractivity (Wildman–Crippen MR) is 106 cm³/mol. The van der Waals surface area contributed by atoms with E-state index >= 15 is 0 Å². The van der Waals surface area contributed by atoms with E-state index in [2.05, 4.69) is 25.0 Å². The van der Waals surface area contributed by atoms with Crippen LogP contribution >= 0.6 is 22.9 Å². The van der Waals surface area contributed by atoms with Crippen LogP contribution in [0.2, 0.25) is 5.02 Å². The number of pyridine rings is 1. The molecule has 26 heavy (non-hydrogen) atoms. The first-order valence-electron chi connectivity index (χ1n) is 8.55. The van der Waals surface area contributed by atoms with E-state index in [0.29, 0.717) is 17.5 Å². The van der Waals surface area contributed by atoms with Gasteiger partial charge in [-0.1, -0.05) is 18.5 Å². The van der Waals surface area contributed by atoms with Crippen molar-refractivity contribution in [2.24, 2.45) is 5.73 Å². The molecule has 0 bridgehead atoms. The zero-order valence-corrected chi connectivity index (χ0v) is 16.3. The summed E-state index contributed by atoms with van der Waals surface area (Å²) in [6.45, 7) is 4.29. The molecule has 1 amide bonds. The van der Waals surface area contributed by atoms with Gasteiger partial charge in [-0.3, -0.25) is 14.5 Å². The van der Waals surface area contributed by atoms with Crippen LogP contribution in [0.1, 0.15) is 38.4 Å². The number of nitrogens with two attached hydrogens (primary N) is 1. The van der Waals surface area contributed by atoms with Crippen LogP contribution < -0.4 is 5.73 Å². The minimum absolute atomic E-state index is 0.288. The molecule has 0 aliphatic heterocycles. The quantitative estimate of drug-likeness (QED) is 0.636. The number of primary amides is 1. The molecule has 0 saturated carbocycles. The average molecular weight is 389 g/mol. The molecule has 7 heteroatoms. The Kier molecular flexibility index (Phi) is 5.74. The Morgan fingerprint density at radius 1 is 1.42 bits per heavy atom. The zero-order chi connectivity index (χ0) is 18.7. The van der Waals surface area contributed by atoms with Crippen molar-refractivity contribution in [3.63, 3.8) is 0 Å². The van der Waals surface area contributed by atoms with Crippen LogP contribution in [0.3, 0.4) is 0 Å². The molecule has 0 aliphatic carbocycles. The van der Waals surface area contributed by atoms with Crippen molar-refractivity contribution in [2.75, 3.05) is 0 Å². The highest BCUT2D eigenvalue weighted by Crippen LogP contribution is 2.36. The SMILES string of the molecule is CCC(C)n1cc(-c2ccnc(CCC(N)=O)c2)c(-c2cc(Cl)cs2)n1. The summed E-state index contributed by atoms with van der Waals surface area (Å²) < 4.78 is 2.00. The fraction of sp³-hybridized carbons (Fsp3) is 0.316. The van der Waals surface area contributed by atoms with Crippen LogP contribution in [-0.4, -0.2) is 20.7 Å². The number of hydrogen-bond acceptors (Lipinski definition) is 4. The van der Waals surface area contributed by atoms with Crippen LogP contribution in [0.5, 0.6) is 0 Å². The molecule has 0 saturated heterocycles. The largest absolute Gasteiger partial charge is 0.370 e. The third-order valence-corrected chi connectivity index (χ3v) is 5.61. The maximum Gasteiger partial charge on any atom is 0.217 e. The number of hydrogen-bond donors (Lipinski definition) is 1. The van der Waals surface area contributed by atoms with Crippen LogP contribution in [0.4, 0.5) is 0 Å². The number of carbonyl (C=O) groups is 1. The minimum Gasteiger partial charge on any atom is -0.370 e. The molecule has 3 aromatic rings. The van der Waals surface area contributed by atoms with Gasteiger partial charge in [-0.15, -0.1) is 11.3 Å². The Bertz CT molecular complexity index is 918. The Hall–Kier alpha value is -2.18. The van der Waals surface area contributed by atoms with Gasteiger partial charge in [0, 0.05) is 41.5 Å². The minimum atomic E-state index is -0.323. The second-order valence-electron chi connectivity index (χ2n) is 6.26. The smallest absolute Gasteiger partial charge is 0.217 e. The molecule has 0 spiro atoms. The van der Waals surface area contributed by atoms with E-state index in [1.54, 1.807) is 17.5 Å². The first-order valence-corrected chi connectivity index (χ1v) is 9.80. The first-order chi connectivity index (χ1) is 12.5. The number of halogens is 1. The first kappa shape index (κ1) is 18.6. The molecule has 3 heterocycles. The lowest BCUT2D eigenvalue weighted by molar-refractivity contribution is -0.118. The molecule has 0 aromatic carbocycles. The lowest BCUT2D eigenvalue weighted by Crippen LogP contribution is -2.11. The summed E-state index contributed by atoms with van der Waals surface area (Å²) in [5.41, 5.74) is 9.06. The number of nitrogens with zero attached hydrogens (tertiary/aromatic N) is 3. The van der Waals surface area contributed by atoms with E-state index in [1.807, 2.05) is 28.3 Å². The van der Waals surface area contributed by atoms with Crippen molar-refractivity contribution in [1.82, 2.24) is 14.8 Å². The standard InChI is InChI=1S/C19H21ClN4OS/c1-3-12(2)24-10-16(19(23-24)17-9-14(20)11-26-17)13-6-7-22-15(8-13)4-5-18(21)25/h6-12H,3-5H2,1-2H3,(H2,21,25). The Morgan fingerprint density at radius 3 is 2.88 bits per heavy atom. The lowest BCUT2D eigenvalue weighted by atomic mass is 10.0. The third kappa shape index (κ3) is 4.14. The number of aryl methyl sites for hydroxylation is 1. The molecular formula is C19H21ClN4OS. The van der Waals surface area contributed by atoms with Crippen LogP contribution in [-0.2, 0) is 11.2 Å². The van der Waals surface area contributed by atoms with Crippen molar-refractivity contribution in [2.45, 2.75) is 39.2 Å². The number of thiophene rings is 1. The summed E-state index contributed by atoms with van der Waals surface area (Å²) in [6, 6.07) is 6.20. The van der Waals surface area contributed by atoms with Gasteiger partial charge in [-0.05, 0) is 43.5 Å². The van der Waals surface area contributed by atoms with E-state index in [4.69, 9.17) is 22.4 Å². The lowest BCUT2D eigenvalue weighted by Gasteiger charge is -2.07. The maximum absolute atomic E-state index is 11.1. The van der Waals surface area contributed by atoms with E-state index in [-0.39, 0.29) is 12.3 Å². The highest BCUT2D eigenvalue weighted by atomic mass is 35.5. The molecule has 0 radical (unpaired) electrons. The maximum atomic E-state index is 11.1. The van der Waals surface area contributed by atoms with Gasteiger partial charge in [-0.2, -0.15) is 5.10 Å². The van der Waals surface area contributed by atoms with Crippen molar-refractivity contribution in [3.05, 3.63) is 46.7 Å². The topological polar surface area (TPSA) is 73.8 Å². The highest BCUT2D eigenvalue weighted by Gasteiger charge is 2.17. The molecule has 0 fully saturated rings. The summed E-state index contributed by atoms with van der Waals surface area (Å²) >= 11 is 7.70. The molecular weight excluding hydrogens is 368 g/mol. The van der Waals surface area contributed by atoms with Gasteiger partial charge in [0.25, 0.3) is 0 Å². The number of aromatic nitrogens is 3. The Balaban J connectivity index is 2.04. The third-order valence-electron chi connectivity index (χ3n) is 4.33. The fourth-order valence-corrected chi connectivity index (χ4v) is 3.74. The zero-order valence-electron chi connectivity index (χ0n) is 14.8. The van der Waals surface area contributed by atoms with E-state index in [1.165, 1.54) is 0 Å². The average Bonchev–Trinajstić information content (AvgIpc) is 3.26. The van der Waals surface area contributed by atoms with E-state index < -0.39 is 0 Å². The Morgan fingerprint density at radius 2 is 2.23 bits per heavy atom. The second-order valence-corrected chi connectivity index (χ2v) is 7.61. The number of amides is 1. The van der Waals surface area contributed by atoms with Gasteiger partial charge in [0.15, 0.2) is 0 Å². The second kappa shape index (κ2) is 8.01. The van der Waals surface area contributed by atoms with Crippen molar-refractivity contribution in [3.8, 4) is 21.7 Å². The molecule has 0 aliphatic rings. The van der Waals surface area contributed by atoms with Gasteiger partial charge in [-0.25, -0.2) is 0 Å². The van der Waals surface area contributed by atoms with Crippen molar-refractivity contribution >= 4 is 28.8 Å². The number of carbonyl (C=O) groups excluding carboxylic acids is 1. The highest BCUT2D eigenvalue weighted by molar-refractivity contribution is 7.14. The summed E-state index contributed by atoms with van der Waals surface area (Å²) in [7, 11) is 0. The van der Waals surface area contributed by atoms with E-state index in [0.717, 1.165) is 33.8 Å². The molecule has 1 atom stereocenters. The van der Waals surface area contributed by atoms with Crippen LogP contribution in [0.15, 0.2) is 36.0 Å². The fourth-order valence-electron chi connectivity index (χ4n) is 2.67. The molecule has 3 rings (SSSR count). The molecule has 3 aromatic heterocycles. The van der Waals surface area contributed by atoms with Crippen LogP contribution in [0.25, 0.3) is 21.7 Å². The van der Waals surface area contributed by atoms with Crippen molar-refractivity contribution in [1.29, 1.82) is 0 Å². The Labute approximate surface area is 161 Å². The summed E-state index contributed by atoms with van der Waals surface area (Å²) in [5.74, 6) is -0.323. The summed E-state index contributed by atoms with van der Waals surface area (Å²) in [4.78, 5) is 16.4. The predicted octanol–water partition coefficient (Wildman–Crippen LogP) is 4.72. The van der Waals surface area contributed by atoms with Gasteiger partial charge >= 0.3 is 0 Å². The molecule has 1 unspecified atom stereocenters. The molecule has 2 N–H and O–H groups in total. The number of rotatable bonds is 7. The summed E-state index contributed by atoms with van der Waals surface area (Å²) in [6.07, 6.45) is 5.65. The summed E-state index contributed by atoms with van der Waals surface area (Å²) in [5, 5.41) is 7.44. The van der Waals surface area contributed by atoms with Crippen molar-refractivity contribution < 1.29 is 4.79 Å². The van der Waals surface area contributed by atoms with Gasteiger partial charge < -0.3 is 5.73 Å². The molecule has 5 nitrogen and oxygen atoms in total. The van der Waals surface area contributed by atoms with Gasteiger partial charge in [0.1, 0.15) is 5.69 Å². The normalized spacial score (nSPS) is 12.3. The monoisotopic (exact) mass is 388 g/mol. The van der Waals surface area contributed by atoms with Gasteiger partial charge in [0.05, 0.1) is 9.90 Å². The molecule has 136 valence electrons. The van der Waals surface area contributed by atoms with E-state index in [9.17, 15) is 4.79 Å².